The van der Waals surface area contributed by atoms with E-state index < -0.39 is 23.8 Å². The number of hydrogen-bond donors (Lipinski definition) is 2. The van der Waals surface area contributed by atoms with Crippen molar-refractivity contribution in [2.45, 2.75) is 39.5 Å². The Balaban J connectivity index is 1.19. The van der Waals surface area contributed by atoms with Gasteiger partial charge in [0, 0.05) is 38.4 Å². The van der Waals surface area contributed by atoms with E-state index in [1.807, 2.05) is 108 Å². The number of benzene rings is 4. The van der Waals surface area contributed by atoms with Gasteiger partial charge in [-0.2, -0.15) is 0 Å². The summed E-state index contributed by atoms with van der Waals surface area (Å²) in [4.78, 5) is 49.9. The molecule has 2 heterocycles. The Morgan fingerprint density at radius 1 is 0.593 bits per heavy atom. The van der Waals surface area contributed by atoms with Crippen LogP contribution in [0.5, 0.6) is 5.75 Å². The van der Waals surface area contributed by atoms with E-state index in [2.05, 4.69) is 15.9 Å². The molecular formula is C43H39BrN4O6. The molecule has 0 unspecified atom stereocenters. The van der Waals surface area contributed by atoms with Crippen LogP contribution in [0.25, 0.3) is 33.9 Å². The molecule has 0 aliphatic heterocycles. The summed E-state index contributed by atoms with van der Waals surface area (Å²) in [7, 11) is 1.61. The van der Waals surface area contributed by atoms with Crippen LogP contribution in [0, 0.1) is 13.8 Å². The third kappa shape index (κ3) is 8.21. The van der Waals surface area contributed by atoms with Crippen LogP contribution in [0.2, 0.25) is 0 Å². The largest absolute Gasteiger partial charge is 0.497 e. The molecule has 0 spiro atoms. The summed E-state index contributed by atoms with van der Waals surface area (Å²) in [5.41, 5.74) is 20.5. The van der Waals surface area contributed by atoms with Crippen LogP contribution in [-0.4, -0.2) is 40.0 Å². The van der Waals surface area contributed by atoms with Gasteiger partial charge in [0.25, 0.3) is 0 Å². The van der Waals surface area contributed by atoms with Crippen molar-refractivity contribution < 1.29 is 28.7 Å². The second-order valence-corrected chi connectivity index (χ2v) is 13.8. The third-order valence-corrected chi connectivity index (χ3v) is 9.82. The number of hydrogen-bond acceptors (Lipinski definition) is 6. The zero-order valence-electron chi connectivity index (χ0n) is 30.1. The molecule has 4 N–H and O–H groups in total. The number of halogens is 1. The monoisotopic (exact) mass is 786 g/mol. The predicted molar refractivity (Wildman–Crippen MR) is 211 cm³/mol. The van der Waals surface area contributed by atoms with Gasteiger partial charge < -0.3 is 30.1 Å². The number of esters is 2. The first kappa shape index (κ1) is 37.6. The van der Waals surface area contributed by atoms with Gasteiger partial charge in [0.1, 0.15) is 5.75 Å². The second kappa shape index (κ2) is 16.2. The average molecular weight is 788 g/mol. The van der Waals surface area contributed by atoms with Crippen LogP contribution in [0.1, 0.15) is 56.1 Å². The molecule has 0 saturated carbocycles. The van der Waals surface area contributed by atoms with Crippen molar-refractivity contribution in [1.29, 1.82) is 0 Å². The lowest BCUT2D eigenvalue weighted by Gasteiger charge is -2.17. The molecule has 274 valence electrons. The van der Waals surface area contributed by atoms with Crippen molar-refractivity contribution in [1.82, 2.24) is 9.13 Å². The predicted octanol–water partition coefficient (Wildman–Crippen LogP) is 7.82. The number of nitrogens with two attached hydrogens (primary N) is 2. The zero-order valence-corrected chi connectivity index (χ0v) is 31.7. The van der Waals surface area contributed by atoms with E-state index in [0.717, 1.165) is 66.6 Å². The fourth-order valence-electron chi connectivity index (χ4n) is 6.56. The number of primary amides is 2. The molecule has 10 nitrogen and oxygen atoms in total. The summed E-state index contributed by atoms with van der Waals surface area (Å²) in [6, 6.07) is 33.9. The van der Waals surface area contributed by atoms with Crippen molar-refractivity contribution >= 4 is 39.7 Å². The Kier molecular flexibility index (Phi) is 11.3. The Morgan fingerprint density at radius 2 is 1.02 bits per heavy atom. The number of aryl methyl sites for hydroxylation is 4. The van der Waals surface area contributed by atoms with Crippen LogP contribution >= 0.6 is 15.9 Å². The smallest absolute Gasteiger partial charge is 0.313 e. The minimum atomic E-state index is -0.636. The molecule has 0 aliphatic carbocycles. The highest BCUT2D eigenvalue weighted by Gasteiger charge is 2.20. The highest BCUT2D eigenvalue weighted by Crippen LogP contribution is 2.32. The number of rotatable bonds is 13. The maximum Gasteiger partial charge on any atom is 0.313 e. The summed E-state index contributed by atoms with van der Waals surface area (Å²) in [5, 5.41) is 0. The normalized spacial score (nSPS) is 11.0. The summed E-state index contributed by atoms with van der Waals surface area (Å²) < 4.78 is 15.7. The molecule has 2 amide bonds. The van der Waals surface area contributed by atoms with Crippen LogP contribution in [0.3, 0.4) is 0 Å². The van der Waals surface area contributed by atoms with Gasteiger partial charge in [0.2, 0.25) is 11.8 Å². The number of ether oxygens (including phenoxy) is 2. The first-order chi connectivity index (χ1) is 25.9. The van der Waals surface area contributed by atoms with Gasteiger partial charge in [-0.3, -0.25) is 19.2 Å². The highest BCUT2D eigenvalue weighted by atomic mass is 79.9. The molecule has 54 heavy (non-hydrogen) atoms. The van der Waals surface area contributed by atoms with Gasteiger partial charge in [0.15, 0.2) is 0 Å². The van der Waals surface area contributed by atoms with Gasteiger partial charge in [-0.1, -0.05) is 28.1 Å². The van der Waals surface area contributed by atoms with Crippen molar-refractivity contribution in [3.8, 4) is 39.6 Å². The quantitative estimate of drug-likeness (QED) is 0.0901. The van der Waals surface area contributed by atoms with Gasteiger partial charge in [0.05, 0.1) is 31.3 Å². The van der Waals surface area contributed by atoms with E-state index in [0.29, 0.717) is 24.0 Å². The first-order valence-corrected chi connectivity index (χ1v) is 18.1. The average Bonchev–Trinajstić information content (AvgIpc) is 3.78. The minimum Gasteiger partial charge on any atom is -0.497 e. The number of nitrogens with zero attached hydrogens (tertiary/aromatic N) is 2. The zero-order chi connectivity index (χ0) is 38.5. The van der Waals surface area contributed by atoms with Gasteiger partial charge in [-0.25, -0.2) is 0 Å². The minimum absolute atomic E-state index is 0.0304. The number of methoxy groups -OCH3 is 1. The molecule has 6 aromatic rings. The highest BCUT2D eigenvalue weighted by molar-refractivity contribution is 9.10. The number of aromatic nitrogens is 2. The Hall–Kier alpha value is -6.20. The summed E-state index contributed by atoms with van der Waals surface area (Å²) in [6.45, 7) is 3.80. The number of amides is 2. The molecule has 11 heteroatoms. The van der Waals surface area contributed by atoms with Gasteiger partial charge in [-0.15, -0.1) is 0 Å². The molecule has 4 aromatic carbocycles. The van der Waals surface area contributed by atoms with Crippen molar-refractivity contribution in [3.05, 3.63) is 147 Å². The maximum atomic E-state index is 13.1. The van der Waals surface area contributed by atoms with Crippen molar-refractivity contribution in [3.63, 3.8) is 0 Å². The molecule has 0 saturated heterocycles. The first-order valence-electron chi connectivity index (χ1n) is 17.3. The van der Waals surface area contributed by atoms with Gasteiger partial charge >= 0.3 is 11.9 Å². The standard InChI is InChI=1S/C43H39BrN4O6/c1-26-24-30(42(45)51)8-18-36(26)47-33(12-20-38(47)28-4-10-32(44)11-5-28)14-22-40(49)54-41(50)23-15-34-13-21-39(29-6-16-35(53-3)17-7-29)48(34)37-19-9-31(43(46)52)25-27(37)2/h4-13,16-21,24-25H,14-15,22-23H2,1-3H3,(H2,45,51)(H2,46,52). The molecule has 2 aromatic heterocycles. The molecule has 6 rings (SSSR count). The third-order valence-electron chi connectivity index (χ3n) is 9.29. The van der Waals surface area contributed by atoms with Crippen molar-refractivity contribution in [2.24, 2.45) is 11.5 Å². The molecule has 0 fully saturated rings. The SMILES string of the molecule is COc1ccc(-c2ccc(CCC(=O)OC(=O)CCc3ccc(-c4ccc(Br)cc4)n3-c3ccc(C(N)=O)cc3C)n2-c2ccc(C(N)=O)cc2C)cc1. The number of carbonyl (C=O) groups is 4. The molecule has 0 atom stereocenters. The molecule has 0 aliphatic rings. The van der Waals surface area contributed by atoms with Crippen molar-refractivity contribution in [2.75, 3.05) is 7.11 Å². The summed E-state index contributed by atoms with van der Waals surface area (Å²) in [6.07, 6.45) is 0.524. The van der Waals surface area contributed by atoms with E-state index in [9.17, 15) is 19.2 Å². The Bertz CT molecular complexity index is 2370. The summed E-state index contributed by atoms with van der Waals surface area (Å²) in [5.74, 6) is -1.59. The number of carbonyl (C=O) groups excluding carboxylic acids is 4. The molecule has 0 radical (unpaired) electrons. The maximum absolute atomic E-state index is 13.1. The van der Waals surface area contributed by atoms with E-state index in [1.54, 1.807) is 31.4 Å². The van der Waals surface area contributed by atoms with E-state index in [-0.39, 0.29) is 12.8 Å². The van der Waals surface area contributed by atoms with Crippen LogP contribution in [-0.2, 0) is 27.2 Å². The van der Waals surface area contributed by atoms with Crippen LogP contribution in [0.15, 0.2) is 114 Å². The fourth-order valence-corrected chi connectivity index (χ4v) is 6.82. The van der Waals surface area contributed by atoms with E-state index >= 15 is 0 Å². The topological polar surface area (TPSA) is 149 Å². The lowest BCUT2D eigenvalue weighted by molar-refractivity contribution is -0.159. The van der Waals surface area contributed by atoms with Crippen LogP contribution < -0.4 is 16.2 Å². The Labute approximate surface area is 321 Å². The summed E-state index contributed by atoms with van der Waals surface area (Å²) >= 11 is 3.49. The second-order valence-electron chi connectivity index (χ2n) is 12.9. The van der Waals surface area contributed by atoms with Crippen LogP contribution in [0.4, 0.5) is 0 Å². The Morgan fingerprint density at radius 3 is 1.41 bits per heavy atom. The van der Waals surface area contributed by atoms with E-state index in [4.69, 9.17) is 20.9 Å². The van der Waals surface area contributed by atoms with Gasteiger partial charge in [-0.05, 0) is 146 Å². The molecular weight excluding hydrogens is 748 g/mol. The fraction of sp³-hybridized carbons (Fsp3) is 0.163. The lowest BCUT2D eigenvalue weighted by Crippen LogP contribution is -2.16. The van der Waals surface area contributed by atoms with E-state index in [1.165, 1.54) is 0 Å². The molecule has 0 bridgehead atoms. The lowest BCUT2D eigenvalue weighted by atomic mass is 10.1.